The van der Waals surface area contributed by atoms with E-state index in [1.54, 1.807) is 0 Å². The zero-order valence-electron chi connectivity index (χ0n) is 11.1. The molecule has 2 heterocycles. The van der Waals surface area contributed by atoms with Crippen LogP contribution in [0.2, 0.25) is 0 Å². The number of carbonyl (C=O) groups excluding carboxylic acids is 1. The maximum atomic E-state index is 11.1. The van der Waals surface area contributed by atoms with Gasteiger partial charge in [-0.3, -0.25) is 4.79 Å². The van der Waals surface area contributed by atoms with E-state index in [2.05, 4.69) is 28.6 Å². The summed E-state index contributed by atoms with van der Waals surface area (Å²) in [6.07, 6.45) is 3.79. The van der Waals surface area contributed by atoms with Crippen molar-refractivity contribution in [3.63, 3.8) is 0 Å². The van der Waals surface area contributed by atoms with Gasteiger partial charge in [0.15, 0.2) is 17.8 Å². The Hall–Kier alpha value is -2.01. The van der Waals surface area contributed by atoms with Crippen molar-refractivity contribution >= 4 is 6.29 Å². The molecule has 5 nitrogen and oxygen atoms in total. The first-order chi connectivity index (χ1) is 9.85. The van der Waals surface area contributed by atoms with E-state index in [0.29, 0.717) is 24.7 Å². The molecule has 1 N–H and O–H groups in total. The van der Waals surface area contributed by atoms with Crippen molar-refractivity contribution in [2.24, 2.45) is 0 Å². The molecule has 1 saturated heterocycles. The third-order valence-electron chi connectivity index (χ3n) is 4.34. The number of allylic oxidation sites excluding steroid dienone is 1. The predicted molar refractivity (Wildman–Crippen MR) is 71.0 cm³/mol. The van der Waals surface area contributed by atoms with Gasteiger partial charge in [-0.15, -0.1) is 0 Å². The van der Waals surface area contributed by atoms with E-state index in [9.17, 15) is 4.79 Å². The number of nitrogens with zero attached hydrogens (tertiary/aromatic N) is 1. The first kappa shape index (κ1) is 11.8. The van der Waals surface area contributed by atoms with Gasteiger partial charge in [0.1, 0.15) is 6.61 Å². The molecule has 2 aliphatic heterocycles. The summed E-state index contributed by atoms with van der Waals surface area (Å²) in [5, 5.41) is 0. The second-order valence-corrected chi connectivity index (χ2v) is 5.33. The third kappa shape index (κ3) is 1.44. The standard InChI is InChI=1S/C15H16N2O3/c18-10-13-14-16-20-15(17(14)8-9-19-13)7-3-5-11-4-1-2-6-12(11)15/h1-2,4,6,10,16H,3,5,7-9H2. The minimum absolute atomic E-state index is 0.330. The molecule has 0 aromatic heterocycles. The third-order valence-corrected chi connectivity index (χ3v) is 4.34. The second kappa shape index (κ2) is 4.24. The van der Waals surface area contributed by atoms with E-state index in [-0.39, 0.29) is 0 Å². The normalized spacial score (nSPS) is 27.7. The molecule has 4 rings (SSSR count). The molecule has 1 atom stereocenters. The molecule has 1 fully saturated rings. The Balaban J connectivity index is 1.86. The largest absolute Gasteiger partial charge is 0.485 e. The number of carbonyl (C=O) groups is 1. The number of aryl methyl sites for hydroxylation is 1. The van der Waals surface area contributed by atoms with Crippen LogP contribution in [0, 0.1) is 0 Å². The fraction of sp³-hybridized carbons (Fsp3) is 0.400. The quantitative estimate of drug-likeness (QED) is 0.783. The summed E-state index contributed by atoms with van der Waals surface area (Å²) < 4.78 is 5.39. The Morgan fingerprint density at radius 1 is 1.35 bits per heavy atom. The second-order valence-electron chi connectivity index (χ2n) is 5.33. The Bertz CT molecular complexity index is 599. The van der Waals surface area contributed by atoms with E-state index in [0.717, 1.165) is 25.5 Å². The highest BCUT2D eigenvalue weighted by molar-refractivity contribution is 5.71. The molecule has 0 saturated carbocycles. The number of hydrogen-bond acceptors (Lipinski definition) is 5. The van der Waals surface area contributed by atoms with Gasteiger partial charge in [-0.2, -0.15) is 0 Å². The summed E-state index contributed by atoms with van der Waals surface area (Å²) in [6, 6.07) is 8.38. The topological polar surface area (TPSA) is 50.8 Å². The summed E-state index contributed by atoms with van der Waals surface area (Å²) in [4.78, 5) is 19.2. The zero-order chi connectivity index (χ0) is 13.6. The first-order valence-corrected chi connectivity index (χ1v) is 6.97. The minimum Gasteiger partial charge on any atom is -0.485 e. The van der Waals surface area contributed by atoms with Crippen LogP contribution in [0.3, 0.4) is 0 Å². The number of fused-ring (bicyclic) bond motifs is 4. The van der Waals surface area contributed by atoms with Gasteiger partial charge in [0, 0.05) is 12.0 Å². The Labute approximate surface area is 117 Å². The summed E-state index contributed by atoms with van der Waals surface area (Å²) in [5.41, 5.74) is 4.93. The van der Waals surface area contributed by atoms with Crippen molar-refractivity contribution in [1.29, 1.82) is 0 Å². The van der Waals surface area contributed by atoms with Crippen LogP contribution in [0.4, 0.5) is 0 Å². The van der Waals surface area contributed by atoms with Crippen molar-refractivity contribution in [2.45, 2.75) is 25.0 Å². The van der Waals surface area contributed by atoms with Crippen molar-refractivity contribution in [3.05, 3.63) is 47.0 Å². The first-order valence-electron chi connectivity index (χ1n) is 6.97. The lowest BCUT2D eigenvalue weighted by molar-refractivity contribution is -0.134. The van der Waals surface area contributed by atoms with E-state index in [1.165, 1.54) is 11.1 Å². The van der Waals surface area contributed by atoms with Crippen LogP contribution in [0.15, 0.2) is 35.8 Å². The van der Waals surface area contributed by atoms with Gasteiger partial charge in [0.05, 0.1) is 6.54 Å². The zero-order valence-corrected chi connectivity index (χ0v) is 11.1. The van der Waals surface area contributed by atoms with E-state index in [1.807, 2.05) is 6.07 Å². The van der Waals surface area contributed by atoms with Gasteiger partial charge < -0.3 is 9.64 Å². The monoisotopic (exact) mass is 272 g/mol. The van der Waals surface area contributed by atoms with E-state index < -0.39 is 5.72 Å². The summed E-state index contributed by atoms with van der Waals surface area (Å²) >= 11 is 0. The lowest BCUT2D eigenvalue weighted by Gasteiger charge is -2.41. The highest BCUT2D eigenvalue weighted by atomic mass is 16.7. The maximum Gasteiger partial charge on any atom is 0.201 e. The molecule has 0 bridgehead atoms. The van der Waals surface area contributed by atoms with Gasteiger partial charge in [0.25, 0.3) is 0 Å². The Morgan fingerprint density at radius 2 is 2.25 bits per heavy atom. The molecule has 1 aliphatic carbocycles. The molecule has 0 amide bonds. The van der Waals surface area contributed by atoms with Crippen LogP contribution in [0.1, 0.15) is 24.0 Å². The molecule has 1 spiro atoms. The molecule has 5 heteroatoms. The number of benzene rings is 1. The number of hydrogen-bond donors (Lipinski definition) is 1. The van der Waals surface area contributed by atoms with Crippen LogP contribution >= 0.6 is 0 Å². The molecule has 1 unspecified atom stereocenters. The van der Waals surface area contributed by atoms with Crippen molar-refractivity contribution in [1.82, 2.24) is 10.4 Å². The SMILES string of the molecule is O=CC1=C2NOC3(CCCc4ccccc43)N2CCO1. The summed E-state index contributed by atoms with van der Waals surface area (Å²) in [7, 11) is 0. The van der Waals surface area contributed by atoms with Crippen LogP contribution in [0.5, 0.6) is 0 Å². The fourth-order valence-corrected chi connectivity index (χ4v) is 3.46. The van der Waals surface area contributed by atoms with Crippen molar-refractivity contribution in [2.75, 3.05) is 13.2 Å². The van der Waals surface area contributed by atoms with Crippen LogP contribution < -0.4 is 5.48 Å². The van der Waals surface area contributed by atoms with Gasteiger partial charge in [-0.1, -0.05) is 24.3 Å². The van der Waals surface area contributed by atoms with Gasteiger partial charge in [-0.25, -0.2) is 10.3 Å². The smallest absolute Gasteiger partial charge is 0.201 e. The average molecular weight is 272 g/mol. The molecular weight excluding hydrogens is 256 g/mol. The summed E-state index contributed by atoms with van der Waals surface area (Å²) in [5.74, 6) is 0.985. The van der Waals surface area contributed by atoms with Gasteiger partial charge in [0.2, 0.25) is 5.76 Å². The van der Waals surface area contributed by atoms with E-state index >= 15 is 0 Å². The number of nitrogens with one attached hydrogen (secondary N) is 1. The molecule has 0 radical (unpaired) electrons. The molecule has 20 heavy (non-hydrogen) atoms. The van der Waals surface area contributed by atoms with Crippen molar-refractivity contribution in [3.8, 4) is 0 Å². The van der Waals surface area contributed by atoms with Crippen LogP contribution in [-0.4, -0.2) is 24.3 Å². The maximum absolute atomic E-state index is 11.1. The number of aldehydes is 1. The lowest BCUT2D eigenvalue weighted by Crippen LogP contribution is -2.47. The van der Waals surface area contributed by atoms with Gasteiger partial charge in [-0.05, 0) is 18.4 Å². The highest BCUT2D eigenvalue weighted by Crippen LogP contribution is 2.46. The van der Waals surface area contributed by atoms with Crippen LogP contribution in [0.25, 0.3) is 0 Å². The number of rotatable bonds is 1. The number of hydroxylamine groups is 1. The molecule has 104 valence electrons. The molecular formula is C15H16N2O3. The molecule has 1 aromatic rings. The lowest BCUT2D eigenvalue weighted by atomic mass is 9.83. The van der Waals surface area contributed by atoms with E-state index in [4.69, 9.17) is 9.57 Å². The molecule has 3 aliphatic rings. The molecule has 1 aromatic carbocycles. The van der Waals surface area contributed by atoms with Crippen molar-refractivity contribution < 1.29 is 14.4 Å². The minimum atomic E-state index is -0.498. The predicted octanol–water partition coefficient (Wildman–Crippen LogP) is 1.41. The summed E-state index contributed by atoms with van der Waals surface area (Å²) in [6.45, 7) is 1.22. The highest BCUT2D eigenvalue weighted by Gasteiger charge is 2.51. The van der Waals surface area contributed by atoms with Crippen LogP contribution in [-0.2, 0) is 26.5 Å². The average Bonchev–Trinajstić information content (AvgIpc) is 2.88. The number of ether oxygens (including phenoxy) is 1. The fourth-order valence-electron chi connectivity index (χ4n) is 3.46. The Morgan fingerprint density at radius 3 is 3.15 bits per heavy atom. The Kier molecular flexibility index (Phi) is 2.50. The van der Waals surface area contributed by atoms with Gasteiger partial charge >= 0.3 is 0 Å².